The molecule has 0 bridgehead atoms. The fourth-order valence-corrected chi connectivity index (χ4v) is 2.49. The van der Waals surface area contributed by atoms with Gasteiger partial charge < -0.3 is 14.7 Å². The van der Waals surface area contributed by atoms with E-state index in [9.17, 15) is 15.2 Å². The van der Waals surface area contributed by atoms with Gasteiger partial charge in [0.1, 0.15) is 6.33 Å². The Morgan fingerprint density at radius 1 is 1.50 bits per heavy atom. The second-order valence-corrected chi connectivity index (χ2v) is 4.88. The third kappa shape index (κ3) is 2.79. The molecule has 1 atom stereocenters. The quantitative estimate of drug-likeness (QED) is 0.649. The van der Waals surface area contributed by atoms with Crippen molar-refractivity contribution in [3.63, 3.8) is 0 Å². The monoisotopic (exact) mass is 282 g/mol. The topological polar surface area (TPSA) is 102 Å². The molecule has 1 saturated heterocycles. The molecule has 1 aromatic heterocycles. The Labute approximate surface area is 116 Å². The molecule has 0 saturated carbocycles. The number of ether oxygens (including phenoxy) is 1. The Morgan fingerprint density at radius 2 is 2.15 bits per heavy atom. The summed E-state index contributed by atoms with van der Waals surface area (Å²) in [4.78, 5) is 20.3. The minimum atomic E-state index is -0.519. The molecule has 0 spiro atoms. The van der Waals surface area contributed by atoms with Crippen LogP contribution in [0.1, 0.15) is 19.8 Å². The number of anilines is 1. The van der Waals surface area contributed by atoms with Crippen molar-refractivity contribution in [3.05, 3.63) is 16.4 Å². The molecule has 8 heteroatoms. The highest BCUT2D eigenvalue weighted by atomic mass is 16.6. The van der Waals surface area contributed by atoms with E-state index in [0.717, 1.165) is 12.8 Å². The van der Waals surface area contributed by atoms with E-state index in [4.69, 9.17) is 4.74 Å². The van der Waals surface area contributed by atoms with Gasteiger partial charge in [0.05, 0.1) is 18.1 Å². The van der Waals surface area contributed by atoms with Crippen molar-refractivity contribution < 1.29 is 14.8 Å². The summed E-state index contributed by atoms with van der Waals surface area (Å²) in [6, 6.07) is 0. The van der Waals surface area contributed by atoms with Crippen LogP contribution in [0.2, 0.25) is 0 Å². The Balaban J connectivity index is 2.24. The number of aliphatic hydroxyl groups excluding tert-OH is 1. The number of rotatable bonds is 4. The van der Waals surface area contributed by atoms with E-state index < -0.39 is 4.92 Å². The van der Waals surface area contributed by atoms with Gasteiger partial charge in [0.25, 0.3) is 5.88 Å². The molecule has 1 N–H and O–H groups in total. The van der Waals surface area contributed by atoms with Gasteiger partial charge in [0, 0.05) is 13.1 Å². The number of nitro groups is 1. The zero-order chi connectivity index (χ0) is 14.7. The molecule has 20 heavy (non-hydrogen) atoms. The molecule has 0 aromatic carbocycles. The van der Waals surface area contributed by atoms with Crippen LogP contribution in [0.3, 0.4) is 0 Å². The lowest BCUT2D eigenvalue weighted by Gasteiger charge is -2.33. The summed E-state index contributed by atoms with van der Waals surface area (Å²) in [5, 5.41) is 20.8. The van der Waals surface area contributed by atoms with Crippen LogP contribution >= 0.6 is 0 Å². The van der Waals surface area contributed by atoms with Gasteiger partial charge in [0.15, 0.2) is 0 Å². The van der Waals surface area contributed by atoms with Crippen LogP contribution in [0.4, 0.5) is 11.5 Å². The van der Waals surface area contributed by atoms with Crippen molar-refractivity contribution in [1.82, 2.24) is 9.97 Å². The van der Waals surface area contributed by atoms with Gasteiger partial charge in [-0.25, -0.2) is 4.98 Å². The summed E-state index contributed by atoms with van der Waals surface area (Å²) in [6.07, 6.45) is 2.47. The Bertz CT molecular complexity index is 486. The standard InChI is InChI=1S/C12H18N4O4/c1-8(17)9-3-5-15(6-4-9)11-10(16(18)19)12(20-2)14-7-13-11/h7-9,17H,3-6H2,1-2H3. The second kappa shape index (κ2) is 6.00. The maximum absolute atomic E-state index is 11.2. The average Bonchev–Trinajstić information content (AvgIpc) is 2.46. The van der Waals surface area contributed by atoms with E-state index >= 15 is 0 Å². The van der Waals surface area contributed by atoms with Crippen LogP contribution < -0.4 is 9.64 Å². The van der Waals surface area contributed by atoms with Gasteiger partial charge in [-0.2, -0.15) is 4.98 Å². The average molecular weight is 282 g/mol. The number of nitrogens with zero attached hydrogens (tertiary/aromatic N) is 4. The van der Waals surface area contributed by atoms with Crippen LogP contribution in [0, 0.1) is 16.0 Å². The maximum atomic E-state index is 11.2. The molecule has 2 rings (SSSR count). The van der Waals surface area contributed by atoms with Crippen LogP contribution in [0.5, 0.6) is 5.88 Å². The lowest BCUT2D eigenvalue weighted by Crippen LogP contribution is -2.37. The van der Waals surface area contributed by atoms with Crippen LogP contribution in [-0.4, -0.2) is 46.3 Å². The number of aliphatic hydroxyl groups is 1. The van der Waals surface area contributed by atoms with Gasteiger partial charge in [-0.1, -0.05) is 0 Å². The first-order chi connectivity index (χ1) is 9.54. The number of aromatic nitrogens is 2. The van der Waals surface area contributed by atoms with Crippen LogP contribution in [0.15, 0.2) is 6.33 Å². The lowest BCUT2D eigenvalue weighted by atomic mass is 9.92. The van der Waals surface area contributed by atoms with Crippen molar-refractivity contribution in [2.75, 3.05) is 25.1 Å². The highest BCUT2D eigenvalue weighted by Crippen LogP contribution is 2.35. The van der Waals surface area contributed by atoms with Crippen molar-refractivity contribution in [2.45, 2.75) is 25.9 Å². The summed E-state index contributed by atoms with van der Waals surface area (Å²) < 4.78 is 4.94. The Kier molecular flexibility index (Phi) is 4.33. The molecule has 1 aliphatic heterocycles. The Morgan fingerprint density at radius 3 is 2.65 bits per heavy atom. The summed E-state index contributed by atoms with van der Waals surface area (Å²) in [6.45, 7) is 3.02. The smallest absolute Gasteiger partial charge is 0.372 e. The molecular weight excluding hydrogens is 264 g/mol. The van der Waals surface area contributed by atoms with Crippen LogP contribution in [-0.2, 0) is 0 Å². The van der Waals surface area contributed by atoms with E-state index in [2.05, 4.69) is 9.97 Å². The van der Waals surface area contributed by atoms with Crippen LogP contribution in [0.25, 0.3) is 0 Å². The highest BCUT2D eigenvalue weighted by Gasteiger charge is 2.31. The van der Waals surface area contributed by atoms with E-state index in [0.29, 0.717) is 13.1 Å². The molecular formula is C12H18N4O4. The summed E-state index contributed by atoms with van der Waals surface area (Å²) >= 11 is 0. The first kappa shape index (κ1) is 14.4. The predicted molar refractivity (Wildman–Crippen MR) is 71.9 cm³/mol. The molecule has 0 aliphatic carbocycles. The summed E-state index contributed by atoms with van der Waals surface area (Å²) in [7, 11) is 1.35. The molecule has 0 radical (unpaired) electrons. The minimum Gasteiger partial charge on any atom is -0.476 e. The first-order valence-corrected chi connectivity index (χ1v) is 6.51. The zero-order valence-electron chi connectivity index (χ0n) is 11.5. The fraction of sp³-hybridized carbons (Fsp3) is 0.667. The molecule has 1 aliphatic rings. The maximum Gasteiger partial charge on any atom is 0.372 e. The SMILES string of the molecule is COc1ncnc(N2CCC(C(C)O)CC2)c1[N+](=O)[O-]. The summed E-state index contributed by atoms with van der Waals surface area (Å²) in [5.41, 5.74) is -0.203. The number of methoxy groups -OCH3 is 1. The van der Waals surface area contributed by atoms with E-state index in [-0.39, 0.29) is 29.4 Å². The second-order valence-electron chi connectivity index (χ2n) is 4.88. The van der Waals surface area contributed by atoms with Gasteiger partial charge in [0.2, 0.25) is 5.82 Å². The van der Waals surface area contributed by atoms with Crippen molar-refractivity contribution >= 4 is 11.5 Å². The largest absolute Gasteiger partial charge is 0.476 e. The van der Waals surface area contributed by atoms with Crippen molar-refractivity contribution in [1.29, 1.82) is 0 Å². The highest BCUT2D eigenvalue weighted by molar-refractivity contribution is 5.62. The normalized spacial score (nSPS) is 17.9. The van der Waals surface area contributed by atoms with Crippen molar-refractivity contribution in [3.8, 4) is 5.88 Å². The van der Waals surface area contributed by atoms with Gasteiger partial charge in [-0.05, 0) is 25.7 Å². The van der Waals surface area contributed by atoms with E-state index in [1.807, 2.05) is 4.90 Å². The molecule has 1 fully saturated rings. The van der Waals surface area contributed by atoms with Gasteiger partial charge >= 0.3 is 5.69 Å². The van der Waals surface area contributed by atoms with Gasteiger partial charge in [-0.15, -0.1) is 0 Å². The van der Waals surface area contributed by atoms with Crippen molar-refractivity contribution in [2.24, 2.45) is 5.92 Å². The number of hydrogen-bond acceptors (Lipinski definition) is 7. The number of hydrogen-bond donors (Lipinski definition) is 1. The molecule has 1 unspecified atom stereocenters. The predicted octanol–water partition coefficient (Wildman–Crippen LogP) is 0.991. The first-order valence-electron chi connectivity index (χ1n) is 6.51. The molecule has 2 heterocycles. The molecule has 1 aromatic rings. The van der Waals surface area contributed by atoms with Gasteiger partial charge in [-0.3, -0.25) is 10.1 Å². The molecule has 0 amide bonds. The third-order valence-electron chi connectivity index (χ3n) is 3.67. The molecule has 110 valence electrons. The fourth-order valence-electron chi connectivity index (χ4n) is 2.49. The minimum absolute atomic E-state index is 0.0300. The lowest BCUT2D eigenvalue weighted by molar-refractivity contribution is -0.385. The molecule has 8 nitrogen and oxygen atoms in total. The summed E-state index contributed by atoms with van der Waals surface area (Å²) in [5.74, 6) is 0.484. The van der Waals surface area contributed by atoms with E-state index in [1.54, 1.807) is 6.92 Å². The zero-order valence-corrected chi connectivity index (χ0v) is 11.5. The van der Waals surface area contributed by atoms with E-state index in [1.165, 1.54) is 13.4 Å². The Hall–Kier alpha value is -1.96. The number of piperidine rings is 1. The third-order valence-corrected chi connectivity index (χ3v) is 3.67.